The van der Waals surface area contributed by atoms with Crippen LogP contribution >= 0.6 is 11.3 Å². The van der Waals surface area contributed by atoms with Crippen molar-refractivity contribution in [1.82, 2.24) is 4.57 Å². The predicted octanol–water partition coefficient (Wildman–Crippen LogP) is 4.92. The number of nitrogens with zero attached hydrogens (tertiary/aromatic N) is 3. The van der Waals surface area contributed by atoms with Gasteiger partial charge in [0.15, 0.2) is 4.80 Å². The monoisotopic (exact) mass is 583 g/mol. The van der Waals surface area contributed by atoms with Gasteiger partial charge in [-0.3, -0.25) is 19.5 Å². The third kappa shape index (κ3) is 6.08. The molecule has 0 amide bonds. The fourth-order valence-corrected chi connectivity index (χ4v) is 5.66. The largest absolute Gasteiger partial charge is 0.489 e. The van der Waals surface area contributed by atoms with Crippen LogP contribution in [-0.2, 0) is 16.1 Å². The Morgan fingerprint density at radius 2 is 1.76 bits per heavy atom. The molecular formula is C32H29N3O6S. The lowest BCUT2D eigenvalue weighted by Crippen LogP contribution is -2.40. The van der Waals surface area contributed by atoms with Gasteiger partial charge in [-0.1, -0.05) is 79.8 Å². The minimum absolute atomic E-state index is 0.111. The molecule has 214 valence electrons. The number of thiazole rings is 1. The van der Waals surface area contributed by atoms with Gasteiger partial charge in [0.25, 0.3) is 11.2 Å². The molecule has 0 saturated heterocycles. The van der Waals surface area contributed by atoms with Crippen LogP contribution in [0.4, 0.5) is 5.69 Å². The van der Waals surface area contributed by atoms with E-state index in [4.69, 9.17) is 9.47 Å². The Labute approximate surface area is 245 Å². The minimum atomic E-state index is -0.808. The van der Waals surface area contributed by atoms with Gasteiger partial charge in [-0.15, -0.1) is 0 Å². The van der Waals surface area contributed by atoms with Crippen LogP contribution in [-0.4, -0.2) is 22.1 Å². The van der Waals surface area contributed by atoms with Crippen molar-refractivity contribution >= 4 is 29.1 Å². The molecule has 2 heterocycles. The zero-order valence-electron chi connectivity index (χ0n) is 23.4. The number of carbonyl (C=O) groups is 1. The molecule has 1 atom stereocenters. The molecule has 1 aliphatic rings. The van der Waals surface area contributed by atoms with Gasteiger partial charge in [-0.05, 0) is 48.2 Å². The first-order valence-electron chi connectivity index (χ1n) is 13.4. The third-order valence-electron chi connectivity index (χ3n) is 6.65. The van der Waals surface area contributed by atoms with Crippen molar-refractivity contribution in [1.29, 1.82) is 0 Å². The second-order valence-corrected chi connectivity index (χ2v) is 11.2. The first-order valence-corrected chi connectivity index (χ1v) is 14.2. The molecule has 0 fully saturated rings. The first kappa shape index (κ1) is 28.7. The highest BCUT2D eigenvalue weighted by Crippen LogP contribution is 2.32. The Bertz CT molecular complexity index is 1840. The van der Waals surface area contributed by atoms with Crippen LogP contribution < -0.4 is 19.6 Å². The predicted molar refractivity (Wildman–Crippen MR) is 160 cm³/mol. The fraction of sp³-hybridized carbons (Fsp3) is 0.219. The Morgan fingerprint density at radius 1 is 1.07 bits per heavy atom. The van der Waals surface area contributed by atoms with Crippen LogP contribution in [0.5, 0.6) is 5.75 Å². The second-order valence-electron chi connectivity index (χ2n) is 10.2. The fourth-order valence-electron chi connectivity index (χ4n) is 4.62. The van der Waals surface area contributed by atoms with Gasteiger partial charge in [0, 0.05) is 6.07 Å². The third-order valence-corrected chi connectivity index (χ3v) is 7.64. The quantitative estimate of drug-likeness (QED) is 0.157. The molecule has 4 aromatic rings. The summed E-state index contributed by atoms with van der Waals surface area (Å²) in [5.41, 5.74) is 2.19. The number of ether oxygens (including phenoxy) is 2. The number of rotatable bonds is 9. The molecule has 3 aromatic carbocycles. The molecule has 0 saturated carbocycles. The number of allylic oxidation sites excluding steroid dienone is 1. The lowest BCUT2D eigenvalue weighted by Gasteiger charge is -2.25. The Balaban J connectivity index is 1.58. The van der Waals surface area contributed by atoms with Crippen molar-refractivity contribution in [3.05, 3.63) is 137 Å². The molecule has 1 aromatic heterocycles. The van der Waals surface area contributed by atoms with Crippen molar-refractivity contribution in [3.63, 3.8) is 0 Å². The highest BCUT2D eigenvalue weighted by atomic mass is 32.1. The van der Waals surface area contributed by atoms with Gasteiger partial charge in [-0.25, -0.2) is 9.79 Å². The maximum absolute atomic E-state index is 13.9. The van der Waals surface area contributed by atoms with Crippen molar-refractivity contribution in [2.75, 3.05) is 6.61 Å². The SMILES string of the molecule is CC1=C(C(=O)OCC(C)C)C(c2ccc(OCc3ccccc3)cc2)n2c(sc(=Cc3ccccc3[N+](=O)[O-])c2=O)=N1. The van der Waals surface area contributed by atoms with Gasteiger partial charge >= 0.3 is 5.97 Å². The van der Waals surface area contributed by atoms with Gasteiger partial charge < -0.3 is 9.47 Å². The Hall–Kier alpha value is -4.83. The number of hydrogen-bond donors (Lipinski definition) is 0. The molecule has 9 nitrogen and oxygen atoms in total. The van der Waals surface area contributed by atoms with Crippen LogP contribution in [0.3, 0.4) is 0 Å². The van der Waals surface area contributed by atoms with E-state index in [-0.39, 0.29) is 28.3 Å². The molecular weight excluding hydrogens is 554 g/mol. The lowest BCUT2D eigenvalue weighted by atomic mass is 9.96. The van der Waals surface area contributed by atoms with Crippen molar-refractivity contribution in [3.8, 4) is 5.75 Å². The van der Waals surface area contributed by atoms with E-state index in [0.717, 1.165) is 16.9 Å². The first-order chi connectivity index (χ1) is 20.2. The molecule has 0 radical (unpaired) electrons. The molecule has 5 rings (SSSR count). The Kier molecular flexibility index (Phi) is 8.44. The maximum Gasteiger partial charge on any atom is 0.338 e. The van der Waals surface area contributed by atoms with E-state index in [1.54, 1.807) is 37.3 Å². The van der Waals surface area contributed by atoms with Crippen LogP contribution in [0.25, 0.3) is 6.08 Å². The second kappa shape index (κ2) is 12.4. The van der Waals surface area contributed by atoms with E-state index in [1.807, 2.05) is 56.3 Å². The van der Waals surface area contributed by atoms with Gasteiger partial charge in [0.1, 0.15) is 12.4 Å². The van der Waals surface area contributed by atoms with E-state index in [0.29, 0.717) is 34.0 Å². The molecule has 1 unspecified atom stereocenters. The standard InChI is InChI=1S/C32H29N3O6S/c1-20(2)18-41-31(37)28-21(3)33-32-34(30(36)27(42-32)17-24-11-7-8-12-26(24)35(38)39)29(28)23-13-15-25(16-14-23)40-19-22-9-5-4-6-10-22/h4-17,20,29H,18-19H2,1-3H3. The van der Waals surface area contributed by atoms with E-state index >= 15 is 0 Å². The summed E-state index contributed by atoms with van der Waals surface area (Å²) in [4.78, 5) is 43.3. The summed E-state index contributed by atoms with van der Waals surface area (Å²) in [7, 11) is 0. The zero-order valence-corrected chi connectivity index (χ0v) is 24.2. The summed E-state index contributed by atoms with van der Waals surface area (Å²) in [5, 5.41) is 11.6. The summed E-state index contributed by atoms with van der Waals surface area (Å²) in [6.07, 6.45) is 1.50. The maximum atomic E-state index is 13.9. The lowest BCUT2D eigenvalue weighted by molar-refractivity contribution is -0.385. The molecule has 42 heavy (non-hydrogen) atoms. The highest BCUT2D eigenvalue weighted by molar-refractivity contribution is 7.07. The molecule has 1 aliphatic heterocycles. The van der Waals surface area contributed by atoms with Crippen molar-refractivity contribution in [2.45, 2.75) is 33.4 Å². The summed E-state index contributed by atoms with van der Waals surface area (Å²) in [6.45, 7) is 6.22. The van der Waals surface area contributed by atoms with Crippen LogP contribution in [0.1, 0.15) is 43.5 Å². The number of nitro benzene ring substituents is 1. The number of hydrogen-bond acceptors (Lipinski definition) is 8. The molecule has 0 aliphatic carbocycles. The zero-order chi connectivity index (χ0) is 29.8. The van der Waals surface area contributed by atoms with E-state index in [1.165, 1.54) is 16.7 Å². The summed E-state index contributed by atoms with van der Waals surface area (Å²) in [6, 6.07) is 22.4. The van der Waals surface area contributed by atoms with Crippen LogP contribution in [0, 0.1) is 16.0 Å². The van der Waals surface area contributed by atoms with Gasteiger partial charge in [-0.2, -0.15) is 0 Å². The average Bonchev–Trinajstić information content (AvgIpc) is 3.29. The number of fused-ring (bicyclic) bond motifs is 1. The molecule has 0 bridgehead atoms. The minimum Gasteiger partial charge on any atom is -0.489 e. The smallest absolute Gasteiger partial charge is 0.338 e. The molecule has 10 heteroatoms. The number of para-hydroxylation sites is 1. The topological polar surface area (TPSA) is 113 Å². The summed E-state index contributed by atoms with van der Waals surface area (Å²) in [5.74, 6) is 0.209. The number of esters is 1. The van der Waals surface area contributed by atoms with Gasteiger partial charge in [0.05, 0.1) is 38.9 Å². The highest BCUT2D eigenvalue weighted by Gasteiger charge is 2.33. The summed E-state index contributed by atoms with van der Waals surface area (Å²) < 4.78 is 13.3. The van der Waals surface area contributed by atoms with Crippen LogP contribution in [0.15, 0.2) is 99.9 Å². The molecule has 0 N–H and O–H groups in total. The number of benzene rings is 3. The van der Waals surface area contributed by atoms with Gasteiger partial charge in [0.2, 0.25) is 0 Å². The Morgan fingerprint density at radius 3 is 2.45 bits per heavy atom. The van der Waals surface area contributed by atoms with E-state index < -0.39 is 22.5 Å². The number of carbonyl (C=O) groups excluding carboxylic acids is 1. The number of nitro groups is 1. The van der Waals surface area contributed by atoms with Crippen molar-refractivity contribution in [2.24, 2.45) is 10.9 Å². The number of aromatic nitrogens is 1. The summed E-state index contributed by atoms with van der Waals surface area (Å²) >= 11 is 1.11. The molecule has 0 spiro atoms. The normalized spacial score (nSPS) is 14.9. The van der Waals surface area contributed by atoms with Crippen molar-refractivity contribution < 1.29 is 19.2 Å². The van der Waals surface area contributed by atoms with E-state index in [2.05, 4.69) is 4.99 Å². The van der Waals surface area contributed by atoms with Crippen LogP contribution in [0.2, 0.25) is 0 Å². The van der Waals surface area contributed by atoms with E-state index in [9.17, 15) is 19.7 Å². The average molecular weight is 584 g/mol.